The van der Waals surface area contributed by atoms with Crippen LogP contribution in [-0.4, -0.2) is 5.16 Å². The van der Waals surface area contributed by atoms with Gasteiger partial charge in [0.15, 0.2) is 0 Å². The van der Waals surface area contributed by atoms with Gasteiger partial charge in [-0.25, -0.2) is 0 Å². The molecular weight excluding hydrogens is 236 g/mol. The SMILES string of the molecule is CCCCC(CC)c1noc(N)c1-c1ccccc1. The predicted molar refractivity (Wildman–Crippen MR) is 78.9 cm³/mol. The third-order valence-corrected chi connectivity index (χ3v) is 3.59. The number of rotatable bonds is 6. The third kappa shape index (κ3) is 2.98. The number of nitrogens with zero attached hydrogens (tertiary/aromatic N) is 1. The Hall–Kier alpha value is -1.77. The molecule has 0 aliphatic carbocycles. The van der Waals surface area contributed by atoms with Gasteiger partial charge < -0.3 is 10.3 Å². The van der Waals surface area contributed by atoms with E-state index in [1.165, 1.54) is 12.8 Å². The monoisotopic (exact) mass is 258 g/mol. The van der Waals surface area contributed by atoms with Crippen LogP contribution < -0.4 is 5.73 Å². The molecule has 0 amide bonds. The maximum absolute atomic E-state index is 5.97. The number of aromatic nitrogens is 1. The first-order valence-electron chi connectivity index (χ1n) is 7.08. The average Bonchev–Trinajstić information content (AvgIpc) is 2.83. The van der Waals surface area contributed by atoms with Crippen molar-refractivity contribution in [1.82, 2.24) is 5.16 Å². The first kappa shape index (κ1) is 13.7. The van der Waals surface area contributed by atoms with Crippen molar-refractivity contribution in [3.63, 3.8) is 0 Å². The number of hydrogen-bond acceptors (Lipinski definition) is 3. The lowest BCUT2D eigenvalue weighted by Gasteiger charge is -2.13. The lowest BCUT2D eigenvalue weighted by Crippen LogP contribution is -2.00. The van der Waals surface area contributed by atoms with E-state index in [0.29, 0.717) is 11.8 Å². The van der Waals surface area contributed by atoms with Crippen molar-refractivity contribution in [3.8, 4) is 11.1 Å². The van der Waals surface area contributed by atoms with Gasteiger partial charge >= 0.3 is 0 Å². The highest BCUT2D eigenvalue weighted by Crippen LogP contribution is 2.37. The van der Waals surface area contributed by atoms with Crippen LogP contribution in [0, 0.1) is 0 Å². The van der Waals surface area contributed by atoms with Crippen LogP contribution in [0.15, 0.2) is 34.9 Å². The first-order chi connectivity index (χ1) is 9.27. The molecule has 3 nitrogen and oxygen atoms in total. The lowest BCUT2D eigenvalue weighted by atomic mass is 9.91. The van der Waals surface area contributed by atoms with Crippen LogP contribution in [0.4, 0.5) is 5.88 Å². The summed E-state index contributed by atoms with van der Waals surface area (Å²) in [5.41, 5.74) is 9.04. The third-order valence-electron chi connectivity index (χ3n) is 3.59. The van der Waals surface area contributed by atoms with E-state index >= 15 is 0 Å². The summed E-state index contributed by atoms with van der Waals surface area (Å²) in [6.07, 6.45) is 4.61. The van der Waals surface area contributed by atoms with Crippen molar-refractivity contribution in [2.75, 3.05) is 5.73 Å². The molecule has 1 unspecified atom stereocenters. The Kier molecular flexibility index (Phi) is 4.61. The number of anilines is 1. The molecule has 2 N–H and O–H groups in total. The molecule has 0 aliphatic heterocycles. The van der Waals surface area contributed by atoms with Crippen LogP contribution in [0.2, 0.25) is 0 Å². The number of hydrogen-bond donors (Lipinski definition) is 1. The Morgan fingerprint density at radius 3 is 2.58 bits per heavy atom. The summed E-state index contributed by atoms with van der Waals surface area (Å²) >= 11 is 0. The summed E-state index contributed by atoms with van der Waals surface area (Å²) in [7, 11) is 0. The molecule has 1 aromatic carbocycles. The Bertz CT molecular complexity index is 505. The molecule has 1 aromatic heterocycles. The van der Waals surface area contributed by atoms with Crippen molar-refractivity contribution in [2.24, 2.45) is 0 Å². The summed E-state index contributed by atoms with van der Waals surface area (Å²) in [4.78, 5) is 0. The van der Waals surface area contributed by atoms with Gasteiger partial charge in [-0.05, 0) is 18.4 Å². The maximum atomic E-state index is 5.97. The predicted octanol–water partition coefficient (Wildman–Crippen LogP) is 4.61. The van der Waals surface area contributed by atoms with Gasteiger partial charge in [-0.3, -0.25) is 0 Å². The zero-order valence-corrected chi connectivity index (χ0v) is 11.7. The van der Waals surface area contributed by atoms with Crippen LogP contribution in [0.25, 0.3) is 11.1 Å². The van der Waals surface area contributed by atoms with Gasteiger partial charge in [0.1, 0.15) is 0 Å². The molecule has 0 spiro atoms. The van der Waals surface area contributed by atoms with Gasteiger partial charge in [0.25, 0.3) is 0 Å². The van der Waals surface area contributed by atoms with Crippen molar-refractivity contribution in [3.05, 3.63) is 36.0 Å². The quantitative estimate of drug-likeness (QED) is 0.823. The molecule has 2 aromatic rings. The van der Waals surface area contributed by atoms with E-state index in [2.05, 4.69) is 31.1 Å². The van der Waals surface area contributed by atoms with Crippen LogP contribution in [0.3, 0.4) is 0 Å². The minimum Gasteiger partial charge on any atom is -0.367 e. The fourth-order valence-electron chi connectivity index (χ4n) is 2.47. The molecule has 102 valence electrons. The van der Waals surface area contributed by atoms with Crippen LogP contribution >= 0.6 is 0 Å². The summed E-state index contributed by atoms with van der Waals surface area (Å²) in [5.74, 6) is 0.854. The molecule has 1 heterocycles. The molecule has 0 saturated carbocycles. The molecule has 0 bridgehead atoms. The average molecular weight is 258 g/mol. The molecular formula is C16H22N2O. The van der Waals surface area contributed by atoms with Crippen molar-refractivity contribution in [2.45, 2.75) is 45.4 Å². The summed E-state index contributed by atoms with van der Waals surface area (Å²) in [6.45, 7) is 4.40. The minimum absolute atomic E-state index is 0.427. The smallest absolute Gasteiger partial charge is 0.230 e. The summed E-state index contributed by atoms with van der Waals surface area (Å²) in [6, 6.07) is 10.1. The largest absolute Gasteiger partial charge is 0.367 e. The maximum Gasteiger partial charge on any atom is 0.230 e. The number of nitrogen functional groups attached to an aromatic ring is 1. The molecule has 0 radical (unpaired) electrons. The summed E-state index contributed by atoms with van der Waals surface area (Å²) in [5, 5.41) is 4.22. The van der Waals surface area contributed by atoms with Crippen molar-refractivity contribution in [1.29, 1.82) is 0 Å². The zero-order chi connectivity index (χ0) is 13.7. The van der Waals surface area contributed by atoms with Gasteiger partial charge in [-0.1, -0.05) is 62.2 Å². The van der Waals surface area contributed by atoms with E-state index in [1.807, 2.05) is 18.2 Å². The second-order valence-electron chi connectivity index (χ2n) is 4.92. The van der Waals surface area contributed by atoms with Crippen LogP contribution in [0.5, 0.6) is 0 Å². The molecule has 19 heavy (non-hydrogen) atoms. The topological polar surface area (TPSA) is 52.0 Å². The number of benzene rings is 1. The van der Waals surface area contributed by atoms with Gasteiger partial charge in [0.05, 0.1) is 11.3 Å². The Morgan fingerprint density at radius 1 is 1.21 bits per heavy atom. The minimum atomic E-state index is 0.427. The van der Waals surface area contributed by atoms with E-state index < -0.39 is 0 Å². The summed E-state index contributed by atoms with van der Waals surface area (Å²) < 4.78 is 5.24. The highest BCUT2D eigenvalue weighted by molar-refractivity contribution is 5.75. The second kappa shape index (κ2) is 6.41. The van der Waals surface area contributed by atoms with E-state index in [-0.39, 0.29) is 0 Å². The first-order valence-corrected chi connectivity index (χ1v) is 7.08. The normalized spacial score (nSPS) is 12.5. The Labute approximate surface area is 114 Å². The second-order valence-corrected chi connectivity index (χ2v) is 4.92. The van der Waals surface area contributed by atoms with Crippen LogP contribution in [-0.2, 0) is 0 Å². The lowest BCUT2D eigenvalue weighted by molar-refractivity contribution is 0.412. The zero-order valence-electron chi connectivity index (χ0n) is 11.7. The van der Waals surface area contributed by atoms with E-state index in [4.69, 9.17) is 10.3 Å². The fraction of sp³-hybridized carbons (Fsp3) is 0.438. The molecule has 1 atom stereocenters. The molecule has 0 saturated heterocycles. The number of unbranched alkanes of at least 4 members (excludes halogenated alkanes) is 1. The van der Waals surface area contributed by atoms with Gasteiger partial charge in [0.2, 0.25) is 5.88 Å². The van der Waals surface area contributed by atoms with Crippen LogP contribution in [0.1, 0.15) is 51.1 Å². The van der Waals surface area contributed by atoms with Gasteiger partial charge in [-0.2, -0.15) is 0 Å². The Morgan fingerprint density at radius 2 is 1.95 bits per heavy atom. The fourth-order valence-corrected chi connectivity index (χ4v) is 2.47. The van der Waals surface area contributed by atoms with Gasteiger partial charge in [0, 0.05) is 5.92 Å². The molecule has 0 fully saturated rings. The van der Waals surface area contributed by atoms with Crippen molar-refractivity contribution >= 4 is 5.88 Å². The van der Waals surface area contributed by atoms with Gasteiger partial charge in [-0.15, -0.1) is 0 Å². The Balaban J connectivity index is 2.36. The van der Waals surface area contributed by atoms with E-state index in [1.54, 1.807) is 0 Å². The van der Waals surface area contributed by atoms with E-state index in [0.717, 1.165) is 29.7 Å². The highest BCUT2D eigenvalue weighted by atomic mass is 16.5. The highest BCUT2D eigenvalue weighted by Gasteiger charge is 2.22. The molecule has 0 aliphatic rings. The standard InChI is InChI=1S/C16H22N2O/c1-3-5-9-12(4-2)15-14(16(17)19-18-15)13-10-7-6-8-11-13/h6-8,10-12H,3-5,9,17H2,1-2H3. The molecule has 3 heteroatoms. The number of nitrogens with two attached hydrogens (primary N) is 1. The van der Waals surface area contributed by atoms with E-state index in [9.17, 15) is 0 Å². The van der Waals surface area contributed by atoms with Crippen molar-refractivity contribution < 1.29 is 4.52 Å². The molecule has 2 rings (SSSR count).